The van der Waals surface area contributed by atoms with Crippen LogP contribution in [0, 0.1) is 0 Å². The molecule has 3 nitrogen and oxygen atoms in total. The van der Waals surface area contributed by atoms with E-state index < -0.39 is 6.43 Å². The van der Waals surface area contributed by atoms with Gasteiger partial charge < -0.3 is 5.73 Å². The van der Waals surface area contributed by atoms with Gasteiger partial charge in [0, 0.05) is 38.3 Å². The van der Waals surface area contributed by atoms with Crippen LogP contribution < -0.4 is 5.73 Å². The van der Waals surface area contributed by atoms with Gasteiger partial charge in [-0.25, -0.2) is 8.78 Å². The molecule has 0 unspecified atom stereocenters. The molecule has 0 aromatic carbocycles. The topological polar surface area (TPSA) is 32.5 Å². The van der Waals surface area contributed by atoms with Crippen molar-refractivity contribution in [3.05, 3.63) is 0 Å². The predicted octanol–water partition coefficient (Wildman–Crippen LogP) is 1.14. The summed E-state index contributed by atoms with van der Waals surface area (Å²) in [6.07, 6.45) is 2.38. The molecular formula is C12H23F2N3. The van der Waals surface area contributed by atoms with Gasteiger partial charge in [0.25, 0.3) is 6.43 Å². The standard InChI is InChI=1S/C12H23F2N3/c13-12(14)9-16-5-7-17(8-6-16)11-3-1-10(15)2-4-11/h10-12H,1-9,15H2. The second-order valence-electron chi connectivity index (χ2n) is 5.30. The highest BCUT2D eigenvalue weighted by atomic mass is 19.3. The van der Waals surface area contributed by atoms with Gasteiger partial charge in [0.15, 0.2) is 0 Å². The molecule has 0 bridgehead atoms. The molecule has 1 heterocycles. The average Bonchev–Trinajstić information content (AvgIpc) is 2.30. The first-order chi connectivity index (χ1) is 8.15. The van der Waals surface area contributed by atoms with E-state index in [1.807, 2.05) is 4.90 Å². The molecule has 1 saturated heterocycles. The van der Waals surface area contributed by atoms with Crippen molar-refractivity contribution in [2.24, 2.45) is 5.73 Å². The summed E-state index contributed by atoms with van der Waals surface area (Å²) in [7, 11) is 0. The fourth-order valence-electron chi connectivity index (χ4n) is 2.97. The van der Waals surface area contributed by atoms with Crippen LogP contribution in [0.15, 0.2) is 0 Å². The quantitative estimate of drug-likeness (QED) is 0.811. The predicted molar refractivity (Wildman–Crippen MR) is 64.2 cm³/mol. The van der Waals surface area contributed by atoms with E-state index in [1.165, 1.54) is 12.8 Å². The Morgan fingerprint density at radius 3 is 2.12 bits per heavy atom. The van der Waals surface area contributed by atoms with Gasteiger partial charge in [0.1, 0.15) is 0 Å². The highest BCUT2D eigenvalue weighted by Gasteiger charge is 2.27. The Bertz CT molecular complexity index is 222. The number of rotatable bonds is 3. The molecule has 1 aliphatic carbocycles. The largest absolute Gasteiger partial charge is 0.328 e. The Hall–Kier alpha value is -0.260. The molecule has 17 heavy (non-hydrogen) atoms. The first kappa shape index (κ1) is 13.2. The molecule has 2 fully saturated rings. The summed E-state index contributed by atoms with van der Waals surface area (Å²) in [5.41, 5.74) is 5.89. The van der Waals surface area contributed by atoms with Gasteiger partial charge >= 0.3 is 0 Å². The summed E-state index contributed by atoms with van der Waals surface area (Å²) in [6.45, 7) is 3.38. The van der Waals surface area contributed by atoms with Gasteiger partial charge in [0.2, 0.25) is 0 Å². The van der Waals surface area contributed by atoms with Gasteiger partial charge in [-0.05, 0) is 25.7 Å². The van der Waals surface area contributed by atoms with Crippen LogP contribution in [0.25, 0.3) is 0 Å². The molecule has 0 spiro atoms. The van der Waals surface area contributed by atoms with Gasteiger partial charge in [-0.2, -0.15) is 0 Å². The van der Waals surface area contributed by atoms with E-state index >= 15 is 0 Å². The van der Waals surface area contributed by atoms with Crippen molar-refractivity contribution in [2.45, 2.75) is 44.2 Å². The smallest absolute Gasteiger partial charge is 0.251 e. The summed E-state index contributed by atoms with van der Waals surface area (Å²) in [6, 6.07) is 1.02. The normalized spacial score (nSPS) is 33.2. The van der Waals surface area contributed by atoms with E-state index in [-0.39, 0.29) is 6.54 Å². The van der Waals surface area contributed by atoms with Crippen LogP contribution in [0.3, 0.4) is 0 Å². The van der Waals surface area contributed by atoms with Crippen LogP contribution in [-0.2, 0) is 0 Å². The number of nitrogens with zero attached hydrogens (tertiary/aromatic N) is 2. The summed E-state index contributed by atoms with van der Waals surface area (Å²) in [5.74, 6) is 0. The zero-order chi connectivity index (χ0) is 12.3. The third kappa shape index (κ3) is 3.86. The highest BCUT2D eigenvalue weighted by Crippen LogP contribution is 2.23. The van der Waals surface area contributed by atoms with Crippen LogP contribution in [0.2, 0.25) is 0 Å². The Labute approximate surface area is 102 Å². The lowest BCUT2D eigenvalue weighted by molar-refractivity contribution is 0.0357. The lowest BCUT2D eigenvalue weighted by Crippen LogP contribution is -2.52. The van der Waals surface area contributed by atoms with Crippen molar-refractivity contribution in [1.29, 1.82) is 0 Å². The Balaban J connectivity index is 1.71. The maximum Gasteiger partial charge on any atom is 0.251 e. The van der Waals surface area contributed by atoms with Gasteiger partial charge in [-0.15, -0.1) is 0 Å². The van der Waals surface area contributed by atoms with Gasteiger partial charge in [-0.3, -0.25) is 9.80 Å². The zero-order valence-electron chi connectivity index (χ0n) is 10.3. The molecule has 2 aliphatic rings. The molecule has 100 valence electrons. The molecule has 1 saturated carbocycles. The van der Waals surface area contributed by atoms with E-state index in [0.29, 0.717) is 12.1 Å². The lowest BCUT2D eigenvalue weighted by Gasteiger charge is -2.41. The molecule has 0 radical (unpaired) electrons. The Morgan fingerprint density at radius 1 is 1.00 bits per heavy atom. The molecule has 2 rings (SSSR count). The fourth-order valence-corrected chi connectivity index (χ4v) is 2.97. The molecular weight excluding hydrogens is 224 g/mol. The minimum Gasteiger partial charge on any atom is -0.328 e. The Kier molecular flexibility index (Phi) is 4.70. The van der Waals surface area contributed by atoms with Crippen molar-refractivity contribution in [2.75, 3.05) is 32.7 Å². The number of hydrogen-bond donors (Lipinski definition) is 1. The van der Waals surface area contributed by atoms with E-state index in [2.05, 4.69) is 4.90 Å². The average molecular weight is 247 g/mol. The molecule has 0 amide bonds. The molecule has 2 N–H and O–H groups in total. The van der Waals surface area contributed by atoms with Crippen LogP contribution >= 0.6 is 0 Å². The van der Waals surface area contributed by atoms with Crippen molar-refractivity contribution < 1.29 is 8.78 Å². The second-order valence-corrected chi connectivity index (χ2v) is 5.30. The first-order valence-corrected chi connectivity index (χ1v) is 6.65. The Morgan fingerprint density at radius 2 is 1.59 bits per heavy atom. The van der Waals surface area contributed by atoms with Gasteiger partial charge in [0.05, 0.1) is 6.54 Å². The minimum absolute atomic E-state index is 0.0661. The van der Waals surface area contributed by atoms with Crippen molar-refractivity contribution in [3.63, 3.8) is 0 Å². The van der Waals surface area contributed by atoms with Crippen molar-refractivity contribution >= 4 is 0 Å². The van der Waals surface area contributed by atoms with Crippen LogP contribution in [0.5, 0.6) is 0 Å². The molecule has 0 atom stereocenters. The minimum atomic E-state index is -2.20. The van der Waals surface area contributed by atoms with E-state index in [4.69, 9.17) is 5.73 Å². The molecule has 5 heteroatoms. The maximum atomic E-state index is 12.2. The lowest BCUT2D eigenvalue weighted by atomic mass is 9.90. The maximum absolute atomic E-state index is 12.2. The van der Waals surface area contributed by atoms with Crippen LogP contribution in [0.1, 0.15) is 25.7 Å². The van der Waals surface area contributed by atoms with E-state index in [0.717, 1.165) is 39.0 Å². The number of hydrogen-bond acceptors (Lipinski definition) is 3. The number of nitrogens with two attached hydrogens (primary N) is 1. The molecule has 0 aromatic rings. The second kappa shape index (κ2) is 6.07. The van der Waals surface area contributed by atoms with Crippen molar-refractivity contribution in [1.82, 2.24) is 9.80 Å². The molecule has 0 aromatic heterocycles. The fraction of sp³-hybridized carbons (Fsp3) is 1.00. The summed E-state index contributed by atoms with van der Waals surface area (Å²) in [5, 5.41) is 0. The third-order valence-corrected chi connectivity index (χ3v) is 4.06. The zero-order valence-corrected chi connectivity index (χ0v) is 10.3. The monoisotopic (exact) mass is 247 g/mol. The van der Waals surface area contributed by atoms with Crippen LogP contribution in [-0.4, -0.2) is 61.0 Å². The van der Waals surface area contributed by atoms with Gasteiger partial charge in [-0.1, -0.05) is 0 Å². The summed E-state index contributed by atoms with van der Waals surface area (Å²) >= 11 is 0. The van der Waals surface area contributed by atoms with E-state index in [1.54, 1.807) is 0 Å². The SMILES string of the molecule is NC1CCC(N2CCN(CC(F)F)CC2)CC1. The highest BCUT2D eigenvalue weighted by molar-refractivity contribution is 4.84. The summed E-state index contributed by atoms with van der Waals surface area (Å²) in [4.78, 5) is 4.34. The number of alkyl halides is 2. The third-order valence-electron chi connectivity index (χ3n) is 4.06. The number of halogens is 2. The summed E-state index contributed by atoms with van der Waals surface area (Å²) < 4.78 is 24.5. The first-order valence-electron chi connectivity index (χ1n) is 6.65. The molecule has 1 aliphatic heterocycles. The van der Waals surface area contributed by atoms with Crippen molar-refractivity contribution in [3.8, 4) is 0 Å². The van der Waals surface area contributed by atoms with Crippen LogP contribution in [0.4, 0.5) is 8.78 Å². The van der Waals surface area contributed by atoms with E-state index in [9.17, 15) is 8.78 Å². The number of piperazine rings is 1.